The largest absolute Gasteiger partial charge is 0.494 e. The third kappa shape index (κ3) is 2.05. The van der Waals surface area contributed by atoms with Gasteiger partial charge in [0.15, 0.2) is 0 Å². The summed E-state index contributed by atoms with van der Waals surface area (Å²) < 4.78 is 5.40. The number of nitrogens with zero attached hydrogens (tertiary/aromatic N) is 2. The minimum Gasteiger partial charge on any atom is -0.494 e. The van der Waals surface area contributed by atoms with Gasteiger partial charge in [-0.3, -0.25) is 0 Å². The summed E-state index contributed by atoms with van der Waals surface area (Å²) in [6.45, 7) is 0. The molecule has 4 nitrogen and oxygen atoms in total. The molecule has 0 spiro atoms. The Balaban J connectivity index is 2.30. The number of benzene rings is 2. The zero-order valence-electron chi connectivity index (χ0n) is 11.4. The van der Waals surface area contributed by atoms with E-state index in [2.05, 4.69) is 27.4 Å². The molecule has 1 heterocycles. The predicted octanol–water partition coefficient (Wildman–Crippen LogP) is 3.35. The lowest BCUT2D eigenvalue weighted by atomic mass is 10.0. The highest BCUT2D eigenvalue weighted by molar-refractivity contribution is 5.97. The van der Waals surface area contributed by atoms with Crippen LogP contribution in [0.1, 0.15) is 0 Å². The smallest absolute Gasteiger partial charge is 0.223 e. The number of aromatic nitrogens is 2. The summed E-state index contributed by atoms with van der Waals surface area (Å²) >= 11 is 0. The van der Waals surface area contributed by atoms with E-state index in [0.717, 1.165) is 27.8 Å². The molecule has 4 heteroatoms. The number of hydrogen-bond acceptors (Lipinski definition) is 4. The minimum atomic E-state index is 0.584. The van der Waals surface area contributed by atoms with Crippen LogP contribution >= 0.6 is 0 Å². The molecule has 1 N–H and O–H groups in total. The first-order valence-corrected chi connectivity index (χ1v) is 6.40. The number of fused-ring (bicyclic) bond motifs is 1. The fourth-order valence-corrected chi connectivity index (χ4v) is 2.25. The number of anilines is 1. The van der Waals surface area contributed by atoms with E-state index in [1.54, 1.807) is 14.2 Å². The predicted molar refractivity (Wildman–Crippen MR) is 81.1 cm³/mol. The summed E-state index contributed by atoms with van der Waals surface area (Å²) in [5, 5.41) is 3.93. The fourth-order valence-electron chi connectivity index (χ4n) is 2.25. The van der Waals surface area contributed by atoms with E-state index < -0.39 is 0 Å². The van der Waals surface area contributed by atoms with Crippen molar-refractivity contribution in [2.75, 3.05) is 19.5 Å². The second-order valence-electron chi connectivity index (χ2n) is 4.39. The van der Waals surface area contributed by atoms with Crippen LogP contribution in [-0.2, 0) is 0 Å². The van der Waals surface area contributed by atoms with E-state index in [1.165, 1.54) is 0 Å². The van der Waals surface area contributed by atoms with Crippen molar-refractivity contribution in [1.82, 2.24) is 9.97 Å². The Hall–Kier alpha value is -2.62. The van der Waals surface area contributed by atoms with Gasteiger partial charge < -0.3 is 10.1 Å². The molecule has 20 heavy (non-hydrogen) atoms. The summed E-state index contributed by atoms with van der Waals surface area (Å²) in [4.78, 5) is 8.81. The highest BCUT2D eigenvalue weighted by atomic mass is 16.5. The summed E-state index contributed by atoms with van der Waals surface area (Å²) in [6, 6.07) is 14.2. The van der Waals surface area contributed by atoms with Crippen LogP contribution in [-0.4, -0.2) is 24.1 Å². The third-order valence-corrected chi connectivity index (χ3v) is 3.24. The van der Waals surface area contributed by atoms with Gasteiger partial charge >= 0.3 is 0 Å². The van der Waals surface area contributed by atoms with Gasteiger partial charge in [-0.05, 0) is 23.3 Å². The van der Waals surface area contributed by atoms with E-state index >= 15 is 0 Å². The van der Waals surface area contributed by atoms with Crippen molar-refractivity contribution in [2.24, 2.45) is 0 Å². The van der Waals surface area contributed by atoms with Gasteiger partial charge in [-0.1, -0.05) is 30.3 Å². The maximum atomic E-state index is 5.40. The second-order valence-corrected chi connectivity index (χ2v) is 4.39. The number of nitrogens with one attached hydrogen (secondary N) is 1. The highest BCUT2D eigenvalue weighted by Crippen LogP contribution is 2.33. The van der Waals surface area contributed by atoms with Crippen molar-refractivity contribution in [3.05, 3.63) is 48.7 Å². The van der Waals surface area contributed by atoms with Crippen LogP contribution in [0.2, 0.25) is 0 Å². The van der Waals surface area contributed by atoms with Gasteiger partial charge in [0.25, 0.3) is 0 Å². The molecule has 0 saturated carbocycles. The van der Waals surface area contributed by atoms with E-state index in [4.69, 9.17) is 4.74 Å². The number of ether oxygens (including phenoxy) is 1. The molecular weight excluding hydrogens is 250 g/mol. The third-order valence-electron chi connectivity index (χ3n) is 3.24. The topological polar surface area (TPSA) is 47.0 Å². The quantitative estimate of drug-likeness (QED) is 0.789. The summed E-state index contributed by atoms with van der Waals surface area (Å²) in [6.07, 6.45) is 1.83. The molecule has 1 aromatic heterocycles. The summed E-state index contributed by atoms with van der Waals surface area (Å²) in [7, 11) is 3.45. The molecule has 0 bridgehead atoms. The van der Waals surface area contributed by atoms with Crippen molar-refractivity contribution < 1.29 is 4.74 Å². The van der Waals surface area contributed by atoms with E-state index in [1.807, 2.05) is 36.5 Å². The molecule has 0 unspecified atom stereocenters. The lowest BCUT2D eigenvalue weighted by Crippen LogP contribution is -1.98. The standard InChI is InChI=1S/C16H15N3O/c1-17-16-18-10-13-12(11-6-4-3-5-7-11)8-9-14(20-2)15(13)19-16/h3-10H,1-2H3,(H,17,18,19). The van der Waals surface area contributed by atoms with Crippen LogP contribution in [0.25, 0.3) is 22.0 Å². The number of rotatable bonds is 3. The Morgan fingerprint density at radius 3 is 2.55 bits per heavy atom. The first kappa shape index (κ1) is 12.4. The van der Waals surface area contributed by atoms with Crippen molar-refractivity contribution in [3.63, 3.8) is 0 Å². The van der Waals surface area contributed by atoms with E-state index in [0.29, 0.717) is 5.95 Å². The van der Waals surface area contributed by atoms with Crippen LogP contribution in [0.4, 0.5) is 5.95 Å². The van der Waals surface area contributed by atoms with Crippen molar-refractivity contribution in [2.45, 2.75) is 0 Å². The molecule has 2 aromatic carbocycles. The van der Waals surface area contributed by atoms with Crippen molar-refractivity contribution in [3.8, 4) is 16.9 Å². The second kappa shape index (κ2) is 5.17. The monoisotopic (exact) mass is 265 g/mol. The van der Waals surface area contributed by atoms with Gasteiger partial charge in [0.2, 0.25) is 5.95 Å². The summed E-state index contributed by atoms with van der Waals surface area (Å²) in [5.74, 6) is 1.33. The van der Waals surface area contributed by atoms with Crippen LogP contribution in [0.3, 0.4) is 0 Å². The molecule has 0 amide bonds. The normalized spacial score (nSPS) is 10.5. The maximum absolute atomic E-state index is 5.40. The SMILES string of the molecule is CNc1ncc2c(-c3ccccc3)ccc(OC)c2n1. The molecular formula is C16H15N3O. The van der Waals surface area contributed by atoms with Gasteiger partial charge in [-0.25, -0.2) is 9.97 Å². The Morgan fingerprint density at radius 2 is 1.85 bits per heavy atom. The first-order chi connectivity index (χ1) is 9.83. The highest BCUT2D eigenvalue weighted by Gasteiger charge is 2.10. The number of hydrogen-bond donors (Lipinski definition) is 1. The zero-order valence-corrected chi connectivity index (χ0v) is 11.4. The van der Waals surface area contributed by atoms with Crippen LogP contribution in [0.15, 0.2) is 48.7 Å². The van der Waals surface area contributed by atoms with Crippen molar-refractivity contribution in [1.29, 1.82) is 0 Å². The molecule has 0 radical (unpaired) electrons. The van der Waals surface area contributed by atoms with Gasteiger partial charge in [0, 0.05) is 18.6 Å². The van der Waals surface area contributed by atoms with E-state index in [-0.39, 0.29) is 0 Å². The van der Waals surface area contributed by atoms with Gasteiger partial charge in [0.05, 0.1) is 7.11 Å². The Kier molecular flexibility index (Phi) is 3.21. The van der Waals surface area contributed by atoms with Crippen LogP contribution < -0.4 is 10.1 Å². The molecule has 100 valence electrons. The Labute approximate surface area is 117 Å². The molecule has 3 rings (SSSR count). The molecule has 0 aliphatic carbocycles. The lowest BCUT2D eigenvalue weighted by molar-refractivity contribution is 0.419. The molecule has 0 saturated heterocycles. The molecule has 0 aliphatic heterocycles. The zero-order chi connectivity index (χ0) is 13.9. The average molecular weight is 265 g/mol. The van der Waals surface area contributed by atoms with Gasteiger partial charge in [-0.15, -0.1) is 0 Å². The Bertz CT molecular complexity index is 741. The molecule has 0 fully saturated rings. The van der Waals surface area contributed by atoms with Crippen LogP contribution in [0, 0.1) is 0 Å². The average Bonchev–Trinajstić information content (AvgIpc) is 2.54. The first-order valence-electron chi connectivity index (χ1n) is 6.40. The van der Waals surface area contributed by atoms with Gasteiger partial charge in [0.1, 0.15) is 11.3 Å². The van der Waals surface area contributed by atoms with Gasteiger partial charge in [-0.2, -0.15) is 0 Å². The lowest BCUT2D eigenvalue weighted by Gasteiger charge is -2.10. The maximum Gasteiger partial charge on any atom is 0.223 e. The minimum absolute atomic E-state index is 0.584. The molecule has 3 aromatic rings. The summed E-state index contributed by atoms with van der Waals surface area (Å²) in [5.41, 5.74) is 3.05. The number of methoxy groups -OCH3 is 1. The van der Waals surface area contributed by atoms with Crippen molar-refractivity contribution >= 4 is 16.9 Å². The Morgan fingerprint density at radius 1 is 1.05 bits per heavy atom. The molecule has 0 aliphatic rings. The molecule has 0 atom stereocenters. The van der Waals surface area contributed by atoms with Crippen LogP contribution in [0.5, 0.6) is 5.75 Å². The fraction of sp³-hybridized carbons (Fsp3) is 0.125. The van der Waals surface area contributed by atoms with E-state index in [9.17, 15) is 0 Å².